The molecular formula is C14H16N4. The Kier molecular flexibility index (Phi) is 3.91. The summed E-state index contributed by atoms with van der Waals surface area (Å²) in [6, 6.07) is 13.7. The highest BCUT2D eigenvalue weighted by molar-refractivity contribution is 5.80. The van der Waals surface area contributed by atoms with Crippen molar-refractivity contribution < 1.29 is 0 Å². The van der Waals surface area contributed by atoms with E-state index in [2.05, 4.69) is 15.3 Å². The Bertz CT molecular complexity index is 531. The van der Waals surface area contributed by atoms with Gasteiger partial charge in [0.05, 0.1) is 11.5 Å². The van der Waals surface area contributed by atoms with Crippen molar-refractivity contribution in [2.24, 2.45) is 10.7 Å². The summed E-state index contributed by atoms with van der Waals surface area (Å²) < 4.78 is 0. The van der Waals surface area contributed by atoms with Crippen LogP contribution in [0.15, 0.2) is 53.7 Å². The predicted octanol–water partition coefficient (Wildman–Crippen LogP) is 2.70. The van der Waals surface area contributed by atoms with Crippen LogP contribution in [0.5, 0.6) is 0 Å². The molecule has 0 amide bonds. The van der Waals surface area contributed by atoms with Gasteiger partial charge in [0.25, 0.3) is 0 Å². The average Bonchev–Trinajstić information content (AvgIpc) is 2.37. The van der Waals surface area contributed by atoms with E-state index in [1.165, 1.54) is 0 Å². The quantitative estimate of drug-likeness (QED) is 0.638. The molecule has 4 nitrogen and oxygen atoms in total. The fourth-order valence-corrected chi connectivity index (χ4v) is 1.60. The van der Waals surface area contributed by atoms with Crippen LogP contribution < -0.4 is 11.1 Å². The molecule has 0 aliphatic carbocycles. The van der Waals surface area contributed by atoms with E-state index in [1.54, 1.807) is 13.1 Å². The van der Waals surface area contributed by atoms with Crippen molar-refractivity contribution in [1.29, 1.82) is 0 Å². The summed E-state index contributed by atoms with van der Waals surface area (Å²) in [6.07, 6.45) is 1.76. The number of amidine groups is 1. The lowest BCUT2D eigenvalue weighted by atomic mass is 10.2. The van der Waals surface area contributed by atoms with Gasteiger partial charge in [0.1, 0.15) is 5.82 Å². The largest absolute Gasteiger partial charge is 0.387 e. The minimum atomic E-state index is 0.560. The molecule has 0 unspecified atom stereocenters. The number of rotatable bonds is 4. The van der Waals surface area contributed by atoms with Crippen molar-refractivity contribution >= 4 is 17.3 Å². The van der Waals surface area contributed by atoms with Crippen LogP contribution in [0.1, 0.15) is 12.5 Å². The predicted molar refractivity (Wildman–Crippen MR) is 75.0 cm³/mol. The maximum atomic E-state index is 5.56. The monoisotopic (exact) mass is 240 g/mol. The van der Waals surface area contributed by atoms with E-state index in [4.69, 9.17) is 5.73 Å². The number of nitrogens with zero attached hydrogens (tertiary/aromatic N) is 2. The van der Waals surface area contributed by atoms with E-state index in [0.29, 0.717) is 12.4 Å². The lowest BCUT2D eigenvalue weighted by Crippen LogP contribution is -2.04. The van der Waals surface area contributed by atoms with E-state index in [9.17, 15) is 0 Å². The smallest absolute Gasteiger partial charge is 0.126 e. The highest BCUT2D eigenvalue weighted by atomic mass is 15.0. The molecule has 1 aromatic heterocycles. The molecule has 3 N–H and O–H groups in total. The van der Waals surface area contributed by atoms with Gasteiger partial charge in [-0.2, -0.15) is 0 Å². The number of anilines is 1. The molecule has 2 aromatic rings. The molecule has 0 fully saturated rings. The highest BCUT2D eigenvalue weighted by Crippen LogP contribution is 2.15. The Morgan fingerprint density at radius 2 is 2.17 bits per heavy atom. The Balaban J connectivity index is 2.04. The summed E-state index contributed by atoms with van der Waals surface area (Å²) in [4.78, 5) is 8.43. The molecule has 0 atom stereocenters. The van der Waals surface area contributed by atoms with E-state index >= 15 is 0 Å². The number of benzene rings is 1. The van der Waals surface area contributed by atoms with Gasteiger partial charge in [-0.1, -0.05) is 18.2 Å². The number of hydrogen-bond donors (Lipinski definition) is 2. The normalized spacial score (nSPS) is 11.3. The molecule has 0 saturated carbocycles. The lowest BCUT2D eigenvalue weighted by Gasteiger charge is -2.06. The van der Waals surface area contributed by atoms with Crippen molar-refractivity contribution in [3.8, 4) is 0 Å². The number of pyridine rings is 1. The van der Waals surface area contributed by atoms with Gasteiger partial charge in [0, 0.05) is 12.7 Å². The van der Waals surface area contributed by atoms with Crippen LogP contribution in [0.25, 0.3) is 0 Å². The fraction of sp³-hybridized carbons (Fsp3) is 0.143. The zero-order chi connectivity index (χ0) is 12.8. The Hall–Kier alpha value is -2.36. The molecule has 1 aromatic carbocycles. The lowest BCUT2D eigenvalue weighted by molar-refractivity contribution is 1.11. The van der Waals surface area contributed by atoms with Crippen LogP contribution in [-0.2, 0) is 6.54 Å². The first kappa shape index (κ1) is 12.1. The van der Waals surface area contributed by atoms with E-state index < -0.39 is 0 Å². The van der Waals surface area contributed by atoms with Crippen LogP contribution in [0, 0.1) is 0 Å². The third kappa shape index (κ3) is 3.59. The van der Waals surface area contributed by atoms with Crippen LogP contribution in [0.3, 0.4) is 0 Å². The van der Waals surface area contributed by atoms with Crippen LogP contribution in [0.2, 0.25) is 0 Å². The second-order valence-corrected chi connectivity index (χ2v) is 3.99. The van der Waals surface area contributed by atoms with Gasteiger partial charge < -0.3 is 11.1 Å². The Labute approximate surface area is 107 Å². The summed E-state index contributed by atoms with van der Waals surface area (Å²) in [5.41, 5.74) is 7.58. The molecular weight excluding hydrogens is 224 g/mol. The standard InChI is InChI=1S/C14H16N4/c1-11(15)18-13-6-4-5-12(9-13)10-17-14-7-2-3-8-16-14/h2-9H,10H2,1H3,(H2,15,18)(H,16,17). The summed E-state index contributed by atoms with van der Waals surface area (Å²) in [7, 11) is 0. The van der Waals surface area contributed by atoms with Gasteiger partial charge in [0.2, 0.25) is 0 Å². The number of nitrogens with one attached hydrogen (secondary N) is 1. The molecule has 0 bridgehead atoms. The molecule has 0 aliphatic heterocycles. The molecule has 0 aliphatic rings. The summed E-state index contributed by atoms with van der Waals surface area (Å²) in [6.45, 7) is 2.49. The fourth-order valence-electron chi connectivity index (χ4n) is 1.60. The molecule has 0 radical (unpaired) electrons. The van der Waals surface area contributed by atoms with Crippen LogP contribution in [0.4, 0.5) is 11.5 Å². The first-order chi connectivity index (χ1) is 8.74. The van der Waals surface area contributed by atoms with Gasteiger partial charge in [-0.05, 0) is 36.8 Å². The first-order valence-electron chi connectivity index (χ1n) is 5.78. The minimum absolute atomic E-state index is 0.560. The van der Waals surface area contributed by atoms with Gasteiger partial charge in [-0.3, -0.25) is 0 Å². The molecule has 92 valence electrons. The van der Waals surface area contributed by atoms with Crippen molar-refractivity contribution in [3.05, 3.63) is 54.2 Å². The zero-order valence-corrected chi connectivity index (χ0v) is 10.3. The average molecular weight is 240 g/mol. The van der Waals surface area contributed by atoms with Crippen molar-refractivity contribution in [2.45, 2.75) is 13.5 Å². The van der Waals surface area contributed by atoms with Crippen LogP contribution in [-0.4, -0.2) is 10.8 Å². The maximum absolute atomic E-state index is 5.56. The summed E-state index contributed by atoms with van der Waals surface area (Å²) in [5.74, 6) is 1.42. The molecule has 2 rings (SSSR count). The van der Waals surface area contributed by atoms with E-state index in [1.807, 2.05) is 42.5 Å². The first-order valence-corrected chi connectivity index (χ1v) is 5.78. The molecule has 1 heterocycles. The number of aromatic nitrogens is 1. The SMILES string of the molecule is CC(N)=Nc1cccc(CNc2ccccn2)c1. The minimum Gasteiger partial charge on any atom is -0.387 e. The van der Waals surface area contributed by atoms with E-state index in [0.717, 1.165) is 17.1 Å². The highest BCUT2D eigenvalue weighted by Gasteiger charge is 1.96. The zero-order valence-electron chi connectivity index (χ0n) is 10.3. The Morgan fingerprint density at radius 3 is 2.89 bits per heavy atom. The summed E-state index contributed by atoms with van der Waals surface area (Å²) >= 11 is 0. The van der Waals surface area contributed by atoms with Crippen LogP contribution >= 0.6 is 0 Å². The molecule has 0 saturated heterocycles. The maximum Gasteiger partial charge on any atom is 0.126 e. The van der Waals surface area contributed by atoms with Crippen molar-refractivity contribution in [2.75, 3.05) is 5.32 Å². The third-order valence-corrected chi connectivity index (χ3v) is 2.35. The number of hydrogen-bond acceptors (Lipinski definition) is 3. The Morgan fingerprint density at radius 1 is 1.28 bits per heavy atom. The second kappa shape index (κ2) is 5.82. The van der Waals surface area contributed by atoms with Gasteiger partial charge in [-0.25, -0.2) is 9.98 Å². The topological polar surface area (TPSA) is 63.3 Å². The second-order valence-electron chi connectivity index (χ2n) is 3.99. The third-order valence-electron chi connectivity index (χ3n) is 2.35. The summed E-state index contributed by atoms with van der Waals surface area (Å²) in [5, 5.41) is 3.25. The van der Waals surface area contributed by atoms with Gasteiger partial charge in [0.15, 0.2) is 0 Å². The molecule has 0 spiro atoms. The number of aliphatic imine (C=N–C) groups is 1. The molecule has 18 heavy (non-hydrogen) atoms. The van der Waals surface area contributed by atoms with Crippen molar-refractivity contribution in [1.82, 2.24) is 4.98 Å². The number of nitrogens with two attached hydrogens (primary N) is 1. The van der Waals surface area contributed by atoms with Gasteiger partial charge >= 0.3 is 0 Å². The molecule has 4 heteroatoms. The van der Waals surface area contributed by atoms with Crippen molar-refractivity contribution in [3.63, 3.8) is 0 Å². The van der Waals surface area contributed by atoms with E-state index in [-0.39, 0.29) is 0 Å². The van der Waals surface area contributed by atoms with Gasteiger partial charge in [-0.15, -0.1) is 0 Å².